The third-order valence-corrected chi connectivity index (χ3v) is 5.04. The molecule has 0 saturated carbocycles. The van der Waals surface area contributed by atoms with Gasteiger partial charge in [0.1, 0.15) is 7.28 Å². The minimum atomic E-state index is 0.841. The molecule has 0 radical (unpaired) electrons. The van der Waals surface area contributed by atoms with Gasteiger partial charge >= 0.3 is 0 Å². The van der Waals surface area contributed by atoms with Crippen LogP contribution in [0.5, 0.6) is 0 Å². The normalized spacial score (nSPS) is 19.3. The zero-order valence-electron chi connectivity index (χ0n) is 12.6. The van der Waals surface area contributed by atoms with E-state index in [1.165, 1.54) is 45.9 Å². The zero-order chi connectivity index (χ0) is 13.9. The molecule has 3 rings (SSSR count). The number of hydrogen-bond acceptors (Lipinski definition) is 3. The summed E-state index contributed by atoms with van der Waals surface area (Å²) in [7, 11) is 1.38. The molecule has 2 aliphatic heterocycles. The lowest BCUT2D eigenvalue weighted by atomic mass is 9.61. The Hall–Kier alpha value is -0.835. The van der Waals surface area contributed by atoms with Crippen molar-refractivity contribution in [2.75, 3.05) is 26.2 Å². The van der Waals surface area contributed by atoms with Crippen LogP contribution >= 0.6 is 0 Å². The van der Waals surface area contributed by atoms with Crippen LogP contribution in [0.4, 0.5) is 0 Å². The van der Waals surface area contributed by atoms with Crippen molar-refractivity contribution in [3.8, 4) is 0 Å². The SMILES string of the molecule is Cc1c(CC2CN(CCNN)C2)ccc2c1CBCC2. The highest BCUT2D eigenvalue weighted by Crippen LogP contribution is 2.27. The lowest BCUT2D eigenvalue weighted by Gasteiger charge is -2.39. The van der Waals surface area contributed by atoms with Crippen LogP contribution in [0.2, 0.25) is 6.32 Å². The van der Waals surface area contributed by atoms with Crippen LogP contribution in [0, 0.1) is 12.8 Å². The summed E-state index contributed by atoms with van der Waals surface area (Å²) in [4.78, 5) is 2.48. The molecule has 0 aliphatic carbocycles. The third-order valence-electron chi connectivity index (χ3n) is 5.04. The van der Waals surface area contributed by atoms with Gasteiger partial charge in [-0.05, 0) is 47.9 Å². The van der Waals surface area contributed by atoms with Crippen LogP contribution in [0.15, 0.2) is 12.1 Å². The Balaban J connectivity index is 1.59. The van der Waals surface area contributed by atoms with Crippen molar-refractivity contribution < 1.29 is 0 Å². The van der Waals surface area contributed by atoms with Crippen molar-refractivity contribution in [2.45, 2.75) is 32.4 Å². The molecule has 3 N–H and O–H groups in total. The second-order valence-electron chi connectivity index (χ2n) is 6.48. The predicted octanol–water partition coefficient (Wildman–Crippen LogP) is 0.844. The van der Waals surface area contributed by atoms with Crippen LogP contribution in [0.25, 0.3) is 0 Å². The summed E-state index contributed by atoms with van der Waals surface area (Å²) in [6.07, 6.45) is 5.22. The average Bonchev–Trinajstić information content (AvgIpc) is 2.44. The standard InChI is InChI=1S/C16H26BN3/c1-12-15(3-2-14-4-5-17-9-16(12)14)8-13-10-20(11-13)7-6-19-18/h2-3,13,17,19H,4-11,18H2,1H3. The van der Waals surface area contributed by atoms with E-state index in [1.807, 2.05) is 0 Å². The first-order valence-electron chi connectivity index (χ1n) is 8.04. The maximum atomic E-state index is 5.32. The molecule has 0 unspecified atom stereocenters. The molecular weight excluding hydrogens is 245 g/mol. The maximum Gasteiger partial charge on any atom is 0.126 e. The number of nitrogens with one attached hydrogen (secondary N) is 1. The van der Waals surface area contributed by atoms with Gasteiger partial charge in [-0.25, -0.2) is 0 Å². The lowest BCUT2D eigenvalue weighted by molar-refractivity contribution is 0.102. The van der Waals surface area contributed by atoms with E-state index >= 15 is 0 Å². The van der Waals surface area contributed by atoms with E-state index in [2.05, 4.69) is 29.4 Å². The fourth-order valence-corrected chi connectivity index (χ4v) is 3.80. The van der Waals surface area contributed by atoms with Crippen molar-refractivity contribution in [1.82, 2.24) is 10.3 Å². The molecule has 1 aromatic rings. The summed E-state index contributed by atoms with van der Waals surface area (Å²) in [5, 5.41) is 0. The number of benzene rings is 1. The second kappa shape index (κ2) is 6.29. The number of likely N-dealkylation sites (tertiary alicyclic amines) is 1. The van der Waals surface area contributed by atoms with Gasteiger partial charge in [0.15, 0.2) is 0 Å². The zero-order valence-corrected chi connectivity index (χ0v) is 12.6. The van der Waals surface area contributed by atoms with Crippen molar-refractivity contribution in [3.63, 3.8) is 0 Å². The molecule has 0 bridgehead atoms. The van der Waals surface area contributed by atoms with Crippen molar-refractivity contribution in [2.24, 2.45) is 11.8 Å². The van der Waals surface area contributed by atoms with E-state index in [0.717, 1.165) is 19.0 Å². The largest absolute Gasteiger partial charge is 0.301 e. The Morgan fingerprint density at radius 3 is 3.05 bits per heavy atom. The van der Waals surface area contributed by atoms with Gasteiger partial charge < -0.3 is 4.90 Å². The predicted molar refractivity (Wildman–Crippen MR) is 86.4 cm³/mol. The highest BCUT2D eigenvalue weighted by Gasteiger charge is 2.27. The first kappa shape index (κ1) is 14.1. The summed E-state index contributed by atoms with van der Waals surface area (Å²) in [5.74, 6) is 6.16. The minimum absolute atomic E-state index is 0.841. The fourth-order valence-electron chi connectivity index (χ4n) is 3.80. The Labute approximate surface area is 123 Å². The Bertz CT molecular complexity index is 469. The highest BCUT2D eigenvalue weighted by atomic mass is 15.3. The molecule has 3 nitrogen and oxygen atoms in total. The summed E-state index contributed by atoms with van der Waals surface area (Å²) < 4.78 is 0. The summed E-state index contributed by atoms with van der Waals surface area (Å²) >= 11 is 0. The van der Waals surface area contributed by atoms with Crippen molar-refractivity contribution in [3.05, 3.63) is 34.4 Å². The van der Waals surface area contributed by atoms with E-state index in [4.69, 9.17) is 5.84 Å². The van der Waals surface area contributed by atoms with Crippen molar-refractivity contribution in [1.29, 1.82) is 0 Å². The lowest BCUT2D eigenvalue weighted by Crippen LogP contribution is -2.50. The molecule has 20 heavy (non-hydrogen) atoms. The van der Waals surface area contributed by atoms with Gasteiger partial charge in [-0.15, -0.1) is 0 Å². The number of nitrogens with zero attached hydrogens (tertiary/aromatic N) is 1. The molecule has 0 aromatic heterocycles. The number of hydrogen-bond donors (Lipinski definition) is 2. The van der Waals surface area contributed by atoms with Crippen LogP contribution in [-0.2, 0) is 19.2 Å². The smallest absolute Gasteiger partial charge is 0.126 e. The number of nitrogens with two attached hydrogens (primary N) is 1. The molecule has 4 heteroatoms. The van der Waals surface area contributed by atoms with Gasteiger partial charge in [0, 0.05) is 26.2 Å². The Morgan fingerprint density at radius 1 is 1.40 bits per heavy atom. The number of rotatable bonds is 5. The second-order valence-corrected chi connectivity index (χ2v) is 6.48. The van der Waals surface area contributed by atoms with Crippen LogP contribution in [0.3, 0.4) is 0 Å². The van der Waals surface area contributed by atoms with E-state index in [0.29, 0.717) is 0 Å². The van der Waals surface area contributed by atoms with Crippen molar-refractivity contribution >= 4 is 7.28 Å². The first-order chi connectivity index (χ1) is 9.78. The number of fused-ring (bicyclic) bond motifs is 1. The first-order valence-corrected chi connectivity index (χ1v) is 8.04. The van der Waals surface area contributed by atoms with Gasteiger partial charge in [0.05, 0.1) is 0 Å². The summed E-state index contributed by atoms with van der Waals surface area (Å²) in [6.45, 7) is 6.78. The molecular formula is C16H26BN3. The quantitative estimate of drug-likeness (QED) is 0.474. The average molecular weight is 271 g/mol. The van der Waals surface area contributed by atoms with Crippen LogP contribution in [0.1, 0.15) is 22.3 Å². The minimum Gasteiger partial charge on any atom is -0.301 e. The monoisotopic (exact) mass is 271 g/mol. The van der Waals surface area contributed by atoms with Gasteiger partial charge in [0.2, 0.25) is 0 Å². The summed E-state index contributed by atoms with van der Waals surface area (Å²) in [6, 6.07) is 4.79. The summed E-state index contributed by atoms with van der Waals surface area (Å²) in [5.41, 5.74) is 9.19. The van der Waals surface area contributed by atoms with Gasteiger partial charge in [0.25, 0.3) is 0 Å². The van der Waals surface area contributed by atoms with E-state index in [-0.39, 0.29) is 0 Å². The number of hydrazine groups is 1. The van der Waals surface area contributed by atoms with E-state index in [9.17, 15) is 0 Å². The third kappa shape index (κ3) is 2.92. The highest BCUT2D eigenvalue weighted by molar-refractivity contribution is 6.35. The van der Waals surface area contributed by atoms with E-state index < -0.39 is 0 Å². The molecule has 1 saturated heterocycles. The molecule has 1 fully saturated rings. The maximum absolute atomic E-state index is 5.32. The molecule has 0 amide bonds. The fraction of sp³-hybridized carbons (Fsp3) is 0.625. The van der Waals surface area contributed by atoms with E-state index in [1.54, 1.807) is 22.3 Å². The van der Waals surface area contributed by atoms with Gasteiger partial charge in [-0.3, -0.25) is 11.3 Å². The molecule has 0 spiro atoms. The Kier molecular flexibility index (Phi) is 4.44. The van der Waals surface area contributed by atoms with Gasteiger partial charge in [-0.1, -0.05) is 24.8 Å². The molecule has 2 heterocycles. The Morgan fingerprint density at radius 2 is 2.25 bits per heavy atom. The topological polar surface area (TPSA) is 41.3 Å². The molecule has 1 aromatic carbocycles. The van der Waals surface area contributed by atoms with Gasteiger partial charge in [-0.2, -0.15) is 0 Å². The molecule has 2 aliphatic rings. The number of aryl methyl sites for hydroxylation is 1. The van der Waals surface area contributed by atoms with Crippen LogP contribution < -0.4 is 11.3 Å². The van der Waals surface area contributed by atoms with Crippen LogP contribution in [-0.4, -0.2) is 38.4 Å². The molecule has 0 atom stereocenters. The molecule has 108 valence electrons.